The van der Waals surface area contributed by atoms with Gasteiger partial charge in [0.25, 0.3) is 0 Å². The molecular weight excluding hydrogens is 963 g/mol. The molecule has 0 saturated heterocycles. The monoisotopic (exact) mass is 1040 g/mol. The molecule has 2 aromatic heterocycles. The van der Waals surface area contributed by atoms with Crippen LogP contribution in [-0.2, 0) is 10.0 Å². The number of β-amino-alcohol motifs (C(OH)–C–C–N with tert-alkyl or cyclic N) is 2. The Morgan fingerprint density at radius 3 is 1.61 bits per heavy atom. The number of aliphatic hydroxyl groups excluding tert-OH is 2. The highest BCUT2D eigenvalue weighted by molar-refractivity contribution is 7.89. The Morgan fingerprint density at radius 2 is 1.16 bits per heavy atom. The van der Waals surface area contributed by atoms with Crippen LogP contribution in [-0.4, -0.2) is 115 Å². The zero-order chi connectivity index (χ0) is 54.5. The van der Waals surface area contributed by atoms with E-state index < -0.39 is 15.9 Å². The predicted molar refractivity (Wildman–Crippen MR) is 300 cm³/mol. The third-order valence-corrected chi connectivity index (χ3v) is 16.9. The zero-order valence-electron chi connectivity index (χ0n) is 46.9. The molecule has 0 aliphatic carbocycles. The minimum absolute atomic E-state index is 0.0451. The SMILES string of the molecule is Cc1cc2c(cc1N=C1C(C(C)(C)C)=Nn3nc(C(C)CNS(=O)(=O)c4cccc(C(C)c5nc6n(n5)N=C(C(C)(C)C)C6=Nc5cc6c(cc5C)N(CCO)C(C)(C)CC6C)c4)nc31)C(C)CC(C)(C)N2CCO. The summed E-state index contributed by atoms with van der Waals surface area (Å²) in [5, 5.41) is 39.4. The minimum atomic E-state index is -3.98. The van der Waals surface area contributed by atoms with Crippen molar-refractivity contribution in [3.63, 3.8) is 0 Å². The molecule has 18 heteroatoms. The summed E-state index contributed by atoms with van der Waals surface area (Å²) in [5.41, 5.74) is 10.9. The molecule has 75 heavy (non-hydrogen) atoms. The van der Waals surface area contributed by atoms with Gasteiger partial charge in [0.05, 0.1) is 40.9 Å². The van der Waals surface area contributed by atoms with Gasteiger partial charge in [0.2, 0.25) is 21.7 Å². The van der Waals surface area contributed by atoms with E-state index in [2.05, 4.69) is 136 Å². The Bertz CT molecular complexity index is 3310. The molecule has 0 fully saturated rings. The second kappa shape index (κ2) is 19.3. The van der Waals surface area contributed by atoms with E-state index in [1.54, 1.807) is 23.0 Å². The predicted octanol–water partition coefficient (Wildman–Crippen LogP) is 9.66. The topological polar surface area (TPSA) is 204 Å². The molecular formula is C57H77N13O4S. The zero-order valence-corrected chi connectivity index (χ0v) is 47.7. The molecule has 0 saturated carbocycles. The van der Waals surface area contributed by atoms with Gasteiger partial charge in [-0.05, 0) is 130 Å². The van der Waals surface area contributed by atoms with Crippen LogP contribution in [0.1, 0.15) is 185 Å². The van der Waals surface area contributed by atoms with Crippen molar-refractivity contribution in [2.75, 3.05) is 42.6 Å². The van der Waals surface area contributed by atoms with E-state index in [4.69, 9.17) is 40.4 Å². The van der Waals surface area contributed by atoms with Crippen molar-refractivity contribution >= 4 is 55.6 Å². The molecule has 5 aromatic rings. The molecule has 0 bridgehead atoms. The quantitative estimate of drug-likeness (QED) is 0.102. The van der Waals surface area contributed by atoms with Crippen molar-refractivity contribution in [1.29, 1.82) is 0 Å². The molecule has 0 spiro atoms. The number of aliphatic hydroxyl groups is 2. The Kier molecular flexibility index (Phi) is 13.8. The Labute approximate surface area is 443 Å². The molecule has 17 nitrogen and oxygen atoms in total. The summed E-state index contributed by atoms with van der Waals surface area (Å²) >= 11 is 0. The second-order valence-corrected chi connectivity index (χ2v) is 26.5. The number of nitrogens with one attached hydrogen (secondary N) is 1. The van der Waals surface area contributed by atoms with Crippen LogP contribution in [0.3, 0.4) is 0 Å². The third-order valence-electron chi connectivity index (χ3n) is 15.5. The third kappa shape index (κ3) is 10.0. The number of rotatable bonds is 13. The molecule has 6 heterocycles. The van der Waals surface area contributed by atoms with Crippen LogP contribution in [0.2, 0.25) is 0 Å². The van der Waals surface area contributed by atoms with Crippen LogP contribution >= 0.6 is 0 Å². The van der Waals surface area contributed by atoms with Crippen molar-refractivity contribution in [1.82, 2.24) is 34.5 Å². The number of anilines is 2. The number of hydrogen-bond acceptors (Lipinski definition) is 14. The molecule has 9 rings (SSSR count). The van der Waals surface area contributed by atoms with Crippen LogP contribution in [0.15, 0.2) is 73.6 Å². The molecule has 0 amide bonds. The first-order chi connectivity index (χ1) is 35.0. The maximum Gasteiger partial charge on any atom is 0.240 e. The number of aromatic nitrogens is 6. The summed E-state index contributed by atoms with van der Waals surface area (Å²) in [6, 6.07) is 15.6. The lowest BCUT2D eigenvalue weighted by Gasteiger charge is -2.47. The van der Waals surface area contributed by atoms with Crippen LogP contribution in [0.25, 0.3) is 0 Å². The maximum atomic E-state index is 14.1. The molecule has 4 aliphatic heterocycles. The number of hydrogen-bond donors (Lipinski definition) is 3. The second-order valence-electron chi connectivity index (χ2n) is 24.7. The maximum absolute atomic E-state index is 14.1. The van der Waals surface area contributed by atoms with Gasteiger partial charge < -0.3 is 20.0 Å². The molecule has 3 aromatic carbocycles. The van der Waals surface area contributed by atoms with Gasteiger partial charge in [0.1, 0.15) is 11.4 Å². The Morgan fingerprint density at radius 1 is 0.707 bits per heavy atom. The first kappa shape index (κ1) is 53.9. The summed E-state index contributed by atoms with van der Waals surface area (Å²) in [5.74, 6) is 1.77. The molecule has 400 valence electrons. The van der Waals surface area contributed by atoms with Gasteiger partial charge in [-0.15, -0.1) is 19.8 Å². The van der Waals surface area contributed by atoms with Gasteiger partial charge >= 0.3 is 0 Å². The summed E-state index contributed by atoms with van der Waals surface area (Å²) in [7, 11) is -3.98. The number of sulfonamides is 1. The van der Waals surface area contributed by atoms with E-state index in [-0.39, 0.29) is 58.4 Å². The smallest absolute Gasteiger partial charge is 0.240 e. The Balaban J connectivity index is 0.944. The number of benzene rings is 3. The number of aliphatic imine (C=N–C) groups is 2. The highest BCUT2D eigenvalue weighted by Crippen LogP contribution is 2.48. The lowest BCUT2D eigenvalue weighted by Crippen LogP contribution is -2.49. The standard InChI is InChI=1S/C57H77N13O4S/c1-32-24-44-40(34(3)29-56(13,14)67(44)20-22-71)27-42(32)59-46-48(54(7,8)9)63-69-52(46)61-50(65-69)36(5)31-58-75(73,74)39-19-17-18-38(26-39)37(6)51-62-53-47(49(55(10,11)12)64-70(53)66-51)60-43-28-41-35(4)30-57(15,16)68(21-23-72)45(41)25-33(43)2/h17-19,24-28,34-37,58,71-72H,20-23,29-31H2,1-16H3. The van der Waals surface area contributed by atoms with Crippen molar-refractivity contribution in [3.05, 3.63) is 99.6 Å². The van der Waals surface area contributed by atoms with Gasteiger partial charge in [-0.2, -0.15) is 10.2 Å². The van der Waals surface area contributed by atoms with Crippen molar-refractivity contribution in [2.24, 2.45) is 31.0 Å². The number of nitrogens with zero attached hydrogens (tertiary/aromatic N) is 12. The molecule has 4 atom stereocenters. The number of fused-ring (bicyclic) bond motifs is 4. The lowest BCUT2D eigenvalue weighted by atomic mass is 9.79. The van der Waals surface area contributed by atoms with Crippen LogP contribution in [0.4, 0.5) is 22.7 Å². The highest BCUT2D eigenvalue weighted by atomic mass is 32.2. The summed E-state index contributed by atoms with van der Waals surface area (Å²) in [6.45, 7) is 35.3. The van der Waals surface area contributed by atoms with Crippen molar-refractivity contribution in [3.8, 4) is 0 Å². The molecule has 4 aliphatic rings. The van der Waals surface area contributed by atoms with E-state index in [0.29, 0.717) is 53.7 Å². The van der Waals surface area contributed by atoms with Gasteiger partial charge in [-0.25, -0.2) is 33.1 Å². The van der Waals surface area contributed by atoms with Crippen molar-refractivity contribution < 1.29 is 18.6 Å². The largest absolute Gasteiger partial charge is 0.395 e. The fourth-order valence-electron chi connectivity index (χ4n) is 11.5. The van der Waals surface area contributed by atoms with E-state index in [0.717, 1.165) is 63.7 Å². The van der Waals surface area contributed by atoms with Crippen LogP contribution < -0.4 is 14.5 Å². The first-order valence-corrected chi connectivity index (χ1v) is 28.0. The molecule has 3 N–H and O–H groups in total. The number of aryl methyl sites for hydroxylation is 2. The summed E-state index contributed by atoms with van der Waals surface area (Å²) < 4.78 is 30.9. The van der Waals surface area contributed by atoms with Gasteiger partial charge in [-0.3, -0.25) is 0 Å². The fourth-order valence-corrected chi connectivity index (χ4v) is 12.6. The fraction of sp³-hybridized carbons (Fsp3) is 0.544. The van der Waals surface area contributed by atoms with E-state index in [1.807, 2.05) is 19.9 Å². The van der Waals surface area contributed by atoms with E-state index >= 15 is 0 Å². The van der Waals surface area contributed by atoms with Crippen LogP contribution in [0.5, 0.6) is 0 Å². The first-order valence-electron chi connectivity index (χ1n) is 26.5. The van der Waals surface area contributed by atoms with Gasteiger partial charge in [0, 0.05) is 64.8 Å². The van der Waals surface area contributed by atoms with Gasteiger partial charge in [0.15, 0.2) is 11.6 Å². The summed E-state index contributed by atoms with van der Waals surface area (Å²) in [6.07, 6.45) is 1.89. The molecule has 4 unspecified atom stereocenters. The summed E-state index contributed by atoms with van der Waals surface area (Å²) in [4.78, 5) is 28.4. The van der Waals surface area contributed by atoms with E-state index in [1.165, 1.54) is 15.9 Å². The van der Waals surface area contributed by atoms with Crippen LogP contribution in [0, 0.1) is 24.7 Å². The molecule has 0 radical (unpaired) electrons. The Hall–Kier alpha value is -5.95. The minimum Gasteiger partial charge on any atom is -0.395 e. The average molecular weight is 1040 g/mol. The highest BCUT2D eigenvalue weighted by Gasteiger charge is 2.41. The average Bonchev–Trinajstić information content (AvgIpc) is 4.10. The van der Waals surface area contributed by atoms with Gasteiger partial charge in [-0.1, -0.05) is 81.4 Å². The normalized spacial score (nSPS) is 21.0. The lowest BCUT2D eigenvalue weighted by molar-refractivity contribution is 0.277. The van der Waals surface area contributed by atoms with Crippen molar-refractivity contribution in [2.45, 2.75) is 163 Å². The van der Waals surface area contributed by atoms with E-state index in [9.17, 15) is 18.6 Å².